The van der Waals surface area contributed by atoms with Crippen LogP contribution in [0.2, 0.25) is 0 Å². The molecule has 1 atom stereocenters. The molecule has 0 amide bonds. The number of fused-ring (bicyclic) bond motifs is 1. The Kier molecular flexibility index (Phi) is 4.26. The molecule has 120 valence electrons. The number of rotatable bonds is 5. The zero-order valence-corrected chi connectivity index (χ0v) is 13.5. The second kappa shape index (κ2) is 6.35. The Balaban J connectivity index is 1.93. The lowest BCUT2D eigenvalue weighted by molar-refractivity contribution is 0.415. The Morgan fingerprint density at radius 3 is 2.57 bits per heavy atom. The van der Waals surface area contributed by atoms with Gasteiger partial charge < -0.3 is 4.74 Å². The predicted molar refractivity (Wildman–Crippen MR) is 87.3 cm³/mol. The van der Waals surface area contributed by atoms with Gasteiger partial charge in [-0.3, -0.25) is 0 Å². The fraction of sp³-hybridized carbons (Fsp3) is 0.200. The molecule has 1 heterocycles. The number of hydrogen-bond donors (Lipinski definition) is 2. The van der Waals surface area contributed by atoms with Crippen molar-refractivity contribution in [3.63, 3.8) is 0 Å². The number of thiol groups is 1. The summed E-state index contributed by atoms with van der Waals surface area (Å²) in [4.78, 5) is 0. The number of methoxy groups -OCH3 is 1. The van der Waals surface area contributed by atoms with Gasteiger partial charge in [-0.2, -0.15) is 0 Å². The molecule has 7 nitrogen and oxygen atoms in total. The van der Waals surface area contributed by atoms with E-state index in [1.165, 1.54) is 0 Å². The van der Waals surface area contributed by atoms with E-state index < -0.39 is 10.9 Å². The van der Waals surface area contributed by atoms with Gasteiger partial charge in [0.25, 0.3) is 0 Å². The van der Waals surface area contributed by atoms with Crippen molar-refractivity contribution < 1.29 is 13.2 Å². The standard InChI is InChI=1S/C15H16N4O3S/c1-10(17-23(20)21)11-3-5-12(6-4-11)19-15-8-7-13(22-2)9-14(15)16-18-19/h3-10,23H,1-2H3,(H,17,20,21)/t10-/m0/s1. The first kappa shape index (κ1) is 15.4. The maximum Gasteiger partial charge on any atom is 0.201 e. The third-order valence-electron chi connectivity index (χ3n) is 3.59. The lowest BCUT2D eigenvalue weighted by Crippen LogP contribution is -2.16. The summed E-state index contributed by atoms with van der Waals surface area (Å²) in [5.41, 5.74) is 3.33. The van der Waals surface area contributed by atoms with Crippen LogP contribution in [0.1, 0.15) is 18.5 Å². The Morgan fingerprint density at radius 1 is 1.17 bits per heavy atom. The quantitative estimate of drug-likeness (QED) is 0.693. The first-order chi connectivity index (χ1) is 11.1. The van der Waals surface area contributed by atoms with E-state index >= 15 is 0 Å². The molecule has 2 aromatic carbocycles. The summed E-state index contributed by atoms with van der Waals surface area (Å²) in [6.45, 7) is 1.79. The molecular weight excluding hydrogens is 316 g/mol. The van der Waals surface area contributed by atoms with E-state index in [1.807, 2.05) is 42.5 Å². The Hall–Kier alpha value is -2.45. The highest BCUT2D eigenvalue weighted by Gasteiger charge is 2.09. The normalized spacial score (nSPS) is 12.7. The minimum atomic E-state index is -2.63. The second-order valence-electron chi connectivity index (χ2n) is 5.06. The monoisotopic (exact) mass is 332 g/mol. The molecule has 0 saturated heterocycles. The van der Waals surface area contributed by atoms with Crippen molar-refractivity contribution in [1.29, 1.82) is 0 Å². The molecule has 1 aromatic heterocycles. The molecule has 0 spiro atoms. The minimum absolute atomic E-state index is 0.276. The maximum atomic E-state index is 10.7. The molecule has 0 fully saturated rings. The number of aromatic nitrogens is 3. The van der Waals surface area contributed by atoms with Gasteiger partial charge in [-0.1, -0.05) is 17.3 Å². The number of nitrogens with zero attached hydrogens (tertiary/aromatic N) is 3. The molecule has 0 aliphatic heterocycles. The smallest absolute Gasteiger partial charge is 0.201 e. The predicted octanol–water partition coefficient (Wildman–Crippen LogP) is 1.61. The van der Waals surface area contributed by atoms with Gasteiger partial charge in [0, 0.05) is 12.1 Å². The van der Waals surface area contributed by atoms with Gasteiger partial charge in [-0.15, -0.1) is 5.10 Å². The Bertz CT molecular complexity index is 895. The molecule has 0 unspecified atom stereocenters. The molecule has 8 heteroatoms. The maximum absolute atomic E-state index is 10.7. The van der Waals surface area contributed by atoms with Crippen LogP contribution in [0.5, 0.6) is 5.75 Å². The van der Waals surface area contributed by atoms with Crippen LogP contribution in [0, 0.1) is 0 Å². The van der Waals surface area contributed by atoms with E-state index in [4.69, 9.17) is 4.74 Å². The molecule has 0 aliphatic rings. The lowest BCUT2D eigenvalue weighted by atomic mass is 10.1. The van der Waals surface area contributed by atoms with Gasteiger partial charge in [-0.05, 0) is 36.8 Å². The number of ether oxygens (including phenoxy) is 1. The van der Waals surface area contributed by atoms with E-state index in [2.05, 4.69) is 15.0 Å². The number of nitrogens with one attached hydrogen (secondary N) is 1. The summed E-state index contributed by atoms with van der Waals surface area (Å²) < 4.78 is 30.8. The van der Waals surface area contributed by atoms with E-state index in [1.54, 1.807) is 18.7 Å². The molecule has 0 bridgehead atoms. The first-order valence-electron chi connectivity index (χ1n) is 6.99. The van der Waals surface area contributed by atoms with Gasteiger partial charge in [-0.25, -0.2) is 17.8 Å². The largest absolute Gasteiger partial charge is 0.497 e. The average molecular weight is 332 g/mol. The van der Waals surface area contributed by atoms with Crippen molar-refractivity contribution in [2.24, 2.45) is 0 Å². The van der Waals surface area contributed by atoms with Crippen molar-refractivity contribution in [3.05, 3.63) is 48.0 Å². The molecular formula is C15H16N4O3S. The molecule has 23 heavy (non-hydrogen) atoms. The summed E-state index contributed by atoms with van der Waals surface area (Å²) in [5, 5.41) is 8.30. The van der Waals surface area contributed by atoms with Crippen molar-refractivity contribution in [2.75, 3.05) is 7.11 Å². The molecule has 0 radical (unpaired) electrons. The van der Waals surface area contributed by atoms with Crippen molar-refractivity contribution in [3.8, 4) is 11.4 Å². The summed E-state index contributed by atoms with van der Waals surface area (Å²) in [7, 11) is -1.02. The molecule has 0 aliphatic carbocycles. The summed E-state index contributed by atoms with van der Waals surface area (Å²) in [5.74, 6) is 0.728. The lowest BCUT2D eigenvalue weighted by Gasteiger charge is -2.10. The van der Waals surface area contributed by atoms with Crippen LogP contribution in [-0.4, -0.2) is 30.5 Å². The fourth-order valence-electron chi connectivity index (χ4n) is 2.36. The topological polar surface area (TPSA) is 86.1 Å². The summed E-state index contributed by atoms with van der Waals surface area (Å²) >= 11 is 0. The molecule has 3 aromatic rings. The van der Waals surface area contributed by atoms with E-state index in [0.717, 1.165) is 28.0 Å². The Morgan fingerprint density at radius 2 is 1.91 bits per heavy atom. The van der Waals surface area contributed by atoms with E-state index in [9.17, 15) is 8.42 Å². The minimum Gasteiger partial charge on any atom is -0.497 e. The number of benzene rings is 2. The van der Waals surface area contributed by atoms with Gasteiger partial charge in [0.2, 0.25) is 10.9 Å². The number of hydrogen-bond acceptors (Lipinski definition) is 5. The highest BCUT2D eigenvalue weighted by atomic mass is 32.2. The van der Waals surface area contributed by atoms with E-state index in [0.29, 0.717) is 0 Å². The van der Waals surface area contributed by atoms with Crippen LogP contribution in [0.3, 0.4) is 0 Å². The SMILES string of the molecule is COc1ccc2c(c1)nnn2-c1ccc([C@H](C)N[SH](=O)=O)cc1. The highest BCUT2D eigenvalue weighted by molar-refractivity contribution is 7.70. The van der Waals surface area contributed by atoms with Gasteiger partial charge >= 0.3 is 0 Å². The van der Waals surface area contributed by atoms with Crippen LogP contribution in [-0.2, 0) is 10.9 Å². The van der Waals surface area contributed by atoms with Crippen LogP contribution >= 0.6 is 0 Å². The third-order valence-corrected chi connectivity index (χ3v) is 4.19. The first-order valence-corrected chi connectivity index (χ1v) is 8.16. The van der Waals surface area contributed by atoms with Gasteiger partial charge in [0.15, 0.2) is 0 Å². The van der Waals surface area contributed by atoms with Crippen LogP contribution in [0.4, 0.5) is 0 Å². The Labute approximate surface area is 135 Å². The fourth-order valence-corrected chi connectivity index (χ4v) is 2.82. The van der Waals surface area contributed by atoms with Crippen molar-refractivity contribution >= 4 is 21.9 Å². The molecule has 3 rings (SSSR count). The molecule has 1 N–H and O–H groups in total. The van der Waals surface area contributed by atoms with Gasteiger partial charge in [0.1, 0.15) is 11.3 Å². The third kappa shape index (κ3) is 3.17. The van der Waals surface area contributed by atoms with Crippen molar-refractivity contribution in [2.45, 2.75) is 13.0 Å². The average Bonchev–Trinajstić information content (AvgIpc) is 2.97. The zero-order chi connectivity index (χ0) is 16.4. The van der Waals surface area contributed by atoms with Crippen LogP contribution in [0.15, 0.2) is 42.5 Å². The van der Waals surface area contributed by atoms with E-state index in [-0.39, 0.29) is 6.04 Å². The van der Waals surface area contributed by atoms with Crippen LogP contribution < -0.4 is 9.46 Å². The van der Waals surface area contributed by atoms with Crippen LogP contribution in [0.25, 0.3) is 16.7 Å². The molecule has 0 saturated carbocycles. The van der Waals surface area contributed by atoms with Gasteiger partial charge in [0.05, 0.1) is 18.3 Å². The highest BCUT2D eigenvalue weighted by Crippen LogP contribution is 2.22. The zero-order valence-electron chi connectivity index (χ0n) is 12.6. The summed E-state index contributed by atoms with van der Waals surface area (Å²) in [6.07, 6.45) is 0. The summed E-state index contributed by atoms with van der Waals surface area (Å²) in [6, 6.07) is 12.8. The second-order valence-corrected chi connectivity index (χ2v) is 5.83. The van der Waals surface area contributed by atoms with Crippen molar-refractivity contribution in [1.82, 2.24) is 19.7 Å².